The Kier molecular flexibility index (Phi) is 5.95. The van der Waals surface area contributed by atoms with E-state index in [0.717, 1.165) is 27.4 Å². The molecular weight excluding hydrogens is 403 g/mol. The van der Waals surface area contributed by atoms with Gasteiger partial charge in [-0.3, -0.25) is 20.7 Å². The zero-order valence-corrected chi connectivity index (χ0v) is 18.6. The number of nitrogens with zero attached hydrogens (tertiary/aromatic N) is 2. The van der Waals surface area contributed by atoms with Gasteiger partial charge in [0.1, 0.15) is 25.3 Å². The van der Waals surface area contributed by atoms with E-state index < -0.39 is 0 Å². The summed E-state index contributed by atoms with van der Waals surface area (Å²) in [6, 6.07) is 22.5. The van der Waals surface area contributed by atoms with Crippen LogP contribution in [0.5, 0.6) is 5.75 Å². The second-order valence-electron chi connectivity index (χ2n) is 7.35. The average molecular weight is 426 g/mol. The third-order valence-corrected chi connectivity index (χ3v) is 6.09. The van der Waals surface area contributed by atoms with Crippen molar-refractivity contribution < 1.29 is 4.74 Å². The minimum absolute atomic E-state index is 0.211. The SMILES string of the molecule is Bc1ccc(Sc2ccc(C3=NCC(=N)N(C(C)=N)c4ccc(OC)cc43)cc2)cc1. The lowest BCUT2D eigenvalue weighted by Crippen LogP contribution is -2.35. The van der Waals surface area contributed by atoms with Gasteiger partial charge in [0.25, 0.3) is 0 Å². The van der Waals surface area contributed by atoms with Gasteiger partial charge in [0.05, 0.1) is 25.1 Å². The van der Waals surface area contributed by atoms with Gasteiger partial charge < -0.3 is 4.74 Å². The average Bonchev–Trinajstić information content (AvgIpc) is 2.91. The van der Waals surface area contributed by atoms with Crippen LogP contribution in [0.4, 0.5) is 5.69 Å². The minimum Gasteiger partial charge on any atom is -0.497 e. The summed E-state index contributed by atoms with van der Waals surface area (Å²) in [5.74, 6) is 1.28. The van der Waals surface area contributed by atoms with Crippen molar-refractivity contribution >= 4 is 48.1 Å². The molecule has 0 aliphatic carbocycles. The van der Waals surface area contributed by atoms with Gasteiger partial charge in [-0.25, -0.2) is 0 Å². The summed E-state index contributed by atoms with van der Waals surface area (Å²) in [6.07, 6.45) is 0. The first kappa shape index (κ1) is 20.9. The Balaban J connectivity index is 1.71. The van der Waals surface area contributed by atoms with Crippen LogP contribution in [0, 0.1) is 10.8 Å². The maximum atomic E-state index is 8.42. The highest BCUT2D eigenvalue weighted by Gasteiger charge is 2.25. The van der Waals surface area contributed by atoms with Gasteiger partial charge in [-0.15, -0.1) is 0 Å². The fourth-order valence-electron chi connectivity index (χ4n) is 3.54. The fraction of sp³-hybridized carbons (Fsp3) is 0.125. The zero-order valence-electron chi connectivity index (χ0n) is 17.8. The minimum atomic E-state index is 0.211. The highest BCUT2D eigenvalue weighted by molar-refractivity contribution is 7.99. The zero-order chi connectivity index (χ0) is 22.0. The number of ether oxygens (including phenoxy) is 1. The molecule has 4 rings (SSSR count). The van der Waals surface area contributed by atoms with Crippen molar-refractivity contribution in [2.75, 3.05) is 18.6 Å². The maximum Gasteiger partial charge on any atom is 0.139 e. The quantitative estimate of drug-likeness (QED) is 0.379. The second-order valence-corrected chi connectivity index (χ2v) is 8.50. The molecule has 7 heteroatoms. The topological polar surface area (TPSA) is 72.5 Å². The van der Waals surface area contributed by atoms with E-state index in [9.17, 15) is 0 Å². The number of aliphatic imine (C=N–C) groups is 1. The van der Waals surface area contributed by atoms with Crippen molar-refractivity contribution in [1.29, 1.82) is 10.8 Å². The Morgan fingerprint density at radius 1 is 1.03 bits per heavy atom. The number of methoxy groups -OCH3 is 1. The van der Waals surface area contributed by atoms with E-state index >= 15 is 0 Å². The van der Waals surface area contributed by atoms with Crippen LogP contribution in [0.2, 0.25) is 0 Å². The number of benzene rings is 3. The van der Waals surface area contributed by atoms with Crippen molar-refractivity contribution in [1.82, 2.24) is 0 Å². The Morgan fingerprint density at radius 2 is 1.68 bits per heavy atom. The van der Waals surface area contributed by atoms with Gasteiger partial charge in [-0.05, 0) is 49.4 Å². The van der Waals surface area contributed by atoms with Crippen molar-refractivity contribution in [2.45, 2.75) is 16.7 Å². The van der Waals surface area contributed by atoms with E-state index in [4.69, 9.17) is 20.5 Å². The van der Waals surface area contributed by atoms with E-state index in [0.29, 0.717) is 5.75 Å². The molecule has 0 aromatic heterocycles. The number of anilines is 1. The first-order chi connectivity index (χ1) is 15.0. The van der Waals surface area contributed by atoms with Crippen LogP contribution in [-0.4, -0.2) is 38.9 Å². The monoisotopic (exact) mass is 426 g/mol. The predicted octanol–water partition coefficient (Wildman–Crippen LogP) is 3.74. The standard InChI is InChI=1S/C24H23BN4OS/c1-15(26)29-22-12-7-18(30-2)13-21(22)24(28-14-23(29)27)16-3-8-19(9-4-16)31-20-10-5-17(25)6-11-20/h3-13,26-27H,14,25H2,1-2H3. The van der Waals surface area contributed by atoms with E-state index in [-0.39, 0.29) is 18.2 Å². The molecular formula is C24H23BN4OS. The van der Waals surface area contributed by atoms with Crippen molar-refractivity contribution in [3.8, 4) is 5.75 Å². The summed E-state index contributed by atoms with van der Waals surface area (Å²) < 4.78 is 5.44. The first-order valence-electron chi connectivity index (χ1n) is 9.97. The molecule has 0 amide bonds. The van der Waals surface area contributed by atoms with Crippen molar-refractivity contribution in [3.05, 3.63) is 77.9 Å². The molecule has 1 aliphatic heterocycles. The molecule has 0 atom stereocenters. The lowest BCUT2D eigenvalue weighted by Gasteiger charge is -2.24. The number of nitrogens with one attached hydrogen (secondary N) is 2. The first-order valence-corrected chi connectivity index (χ1v) is 10.8. The molecule has 0 unspecified atom stereocenters. The lowest BCUT2D eigenvalue weighted by atomic mass is 9.97. The van der Waals surface area contributed by atoms with E-state index in [1.165, 1.54) is 10.4 Å². The van der Waals surface area contributed by atoms with Crippen LogP contribution in [0.3, 0.4) is 0 Å². The van der Waals surface area contributed by atoms with Crippen LogP contribution in [-0.2, 0) is 0 Å². The van der Waals surface area contributed by atoms with Crippen molar-refractivity contribution in [2.24, 2.45) is 4.99 Å². The molecule has 0 saturated heterocycles. The van der Waals surface area contributed by atoms with Gasteiger partial charge in [-0.1, -0.05) is 41.5 Å². The highest BCUT2D eigenvalue weighted by atomic mass is 32.2. The Labute approximate surface area is 187 Å². The van der Waals surface area contributed by atoms with E-state index in [2.05, 4.69) is 56.4 Å². The van der Waals surface area contributed by atoms with Crippen LogP contribution in [0.15, 0.2) is 81.5 Å². The lowest BCUT2D eigenvalue weighted by molar-refractivity contribution is 0.415. The number of rotatable bonds is 4. The summed E-state index contributed by atoms with van der Waals surface area (Å²) in [5.41, 5.74) is 4.65. The molecule has 0 spiro atoms. The van der Waals surface area contributed by atoms with Crippen LogP contribution >= 0.6 is 11.8 Å². The molecule has 0 saturated carbocycles. The molecule has 154 valence electrons. The van der Waals surface area contributed by atoms with Gasteiger partial charge in [0.15, 0.2) is 0 Å². The number of amidine groups is 2. The molecule has 31 heavy (non-hydrogen) atoms. The Bertz CT molecular complexity index is 1170. The van der Waals surface area contributed by atoms with Gasteiger partial charge in [-0.2, -0.15) is 0 Å². The van der Waals surface area contributed by atoms with Gasteiger partial charge >= 0.3 is 0 Å². The largest absolute Gasteiger partial charge is 0.497 e. The predicted molar refractivity (Wildman–Crippen MR) is 132 cm³/mol. The molecule has 0 radical (unpaired) electrons. The van der Waals surface area contributed by atoms with Crippen LogP contribution in [0.1, 0.15) is 18.1 Å². The van der Waals surface area contributed by atoms with E-state index in [1.807, 2.05) is 18.2 Å². The molecule has 3 aromatic rings. The summed E-state index contributed by atoms with van der Waals surface area (Å²) in [7, 11) is 3.72. The van der Waals surface area contributed by atoms with E-state index in [1.54, 1.807) is 30.7 Å². The maximum absolute atomic E-state index is 8.42. The molecule has 3 aromatic carbocycles. The molecule has 1 aliphatic rings. The Hall–Kier alpha value is -3.32. The van der Waals surface area contributed by atoms with Crippen LogP contribution < -0.4 is 15.1 Å². The molecule has 0 bridgehead atoms. The smallest absolute Gasteiger partial charge is 0.139 e. The third kappa shape index (κ3) is 4.42. The second kappa shape index (κ2) is 8.82. The number of benzodiazepines with no additional fused rings is 1. The molecule has 5 nitrogen and oxygen atoms in total. The summed E-state index contributed by atoms with van der Waals surface area (Å²) >= 11 is 1.72. The van der Waals surface area contributed by atoms with Gasteiger partial charge in [0.2, 0.25) is 0 Å². The fourth-order valence-corrected chi connectivity index (χ4v) is 4.35. The summed E-state index contributed by atoms with van der Waals surface area (Å²) in [5, 5.41) is 16.6. The molecule has 1 heterocycles. The summed E-state index contributed by atoms with van der Waals surface area (Å²) in [6.45, 7) is 1.90. The van der Waals surface area contributed by atoms with Gasteiger partial charge in [0, 0.05) is 20.9 Å². The summed E-state index contributed by atoms with van der Waals surface area (Å²) in [4.78, 5) is 8.72. The molecule has 2 N–H and O–H groups in total. The van der Waals surface area contributed by atoms with Crippen LogP contribution in [0.25, 0.3) is 0 Å². The third-order valence-electron chi connectivity index (χ3n) is 5.08. The highest BCUT2D eigenvalue weighted by Crippen LogP contribution is 2.32. The number of fused-ring (bicyclic) bond motifs is 1. The normalized spacial score (nSPS) is 13.3. The number of hydrogen-bond acceptors (Lipinski definition) is 5. The van der Waals surface area contributed by atoms with Crippen molar-refractivity contribution in [3.63, 3.8) is 0 Å². The Morgan fingerprint density at radius 3 is 2.29 bits per heavy atom. The molecule has 0 fully saturated rings. The number of hydrogen-bond donors (Lipinski definition) is 2.